The van der Waals surface area contributed by atoms with E-state index in [1.807, 2.05) is 29.2 Å². The molecule has 128 valence electrons. The van der Waals surface area contributed by atoms with Crippen LogP contribution in [0.15, 0.2) is 24.3 Å². The van der Waals surface area contributed by atoms with Gasteiger partial charge in [0.1, 0.15) is 0 Å². The largest absolute Gasteiger partial charge is 0.382 e. The number of rotatable bonds is 5. The van der Waals surface area contributed by atoms with E-state index in [0.717, 1.165) is 24.3 Å². The first-order chi connectivity index (χ1) is 10.9. The van der Waals surface area contributed by atoms with Crippen LogP contribution in [-0.4, -0.2) is 54.0 Å². The highest BCUT2D eigenvalue weighted by molar-refractivity contribution is 5.95. The minimum Gasteiger partial charge on any atom is -0.382 e. The highest BCUT2D eigenvalue weighted by Crippen LogP contribution is 2.18. The normalized spacial score (nSPS) is 16.8. The van der Waals surface area contributed by atoms with Crippen molar-refractivity contribution in [3.63, 3.8) is 0 Å². The van der Waals surface area contributed by atoms with Gasteiger partial charge in [0, 0.05) is 29.4 Å². The lowest BCUT2D eigenvalue weighted by molar-refractivity contribution is 0.0644. The maximum absolute atomic E-state index is 12.7. The molecule has 1 N–H and O–H groups in total. The maximum atomic E-state index is 12.7. The van der Waals surface area contributed by atoms with E-state index < -0.39 is 0 Å². The van der Waals surface area contributed by atoms with E-state index in [-0.39, 0.29) is 18.0 Å². The molecule has 1 amide bonds. The maximum Gasteiger partial charge on any atom is 0.254 e. The lowest BCUT2D eigenvalue weighted by Crippen LogP contribution is -2.42. The van der Waals surface area contributed by atoms with Gasteiger partial charge in [-0.2, -0.15) is 0 Å². The number of carbonyl (C=O) groups excluding carboxylic acids is 1. The average molecular weight is 317 g/mol. The lowest BCUT2D eigenvalue weighted by Gasteiger charge is -2.31. The molecule has 2 rings (SSSR count). The topological polar surface area (TPSA) is 35.6 Å². The monoisotopic (exact) mass is 317 g/mol. The summed E-state index contributed by atoms with van der Waals surface area (Å²) in [4.78, 5) is 17.0. The highest BCUT2D eigenvalue weighted by Gasteiger charge is 2.21. The van der Waals surface area contributed by atoms with Gasteiger partial charge in [0.15, 0.2) is 0 Å². The molecule has 4 heteroatoms. The zero-order valence-corrected chi connectivity index (χ0v) is 15.2. The Kier molecular flexibility index (Phi) is 6.05. The summed E-state index contributed by atoms with van der Waals surface area (Å²) in [7, 11) is 2.17. The fourth-order valence-electron chi connectivity index (χ4n) is 3.31. The van der Waals surface area contributed by atoms with Crippen LogP contribution in [0.3, 0.4) is 0 Å². The molecular formula is C19H31N3O. The van der Waals surface area contributed by atoms with E-state index in [9.17, 15) is 4.79 Å². The van der Waals surface area contributed by atoms with Crippen LogP contribution in [0, 0.1) is 0 Å². The van der Waals surface area contributed by atoms with E-state index in [1.54, 1.807) is 0 Å². The van der Waals surface area contributed by atoms with Crippen molar-refractivity contribution in [3.8, 4) is 0 Å². The second-order valence-corrected chi connectivity index (χ2v) is 7.20. The first-order valence-corrected chi connectivity index (χ1v) is 8.76. The predicted octanol–water partition coefficient (Wildman–Crippen LogP) is 3.45. The summed E-state index contributed by atoms with van der Waals surface area (Å²) in [6, 6.07) is 8.90. The van der Waals surface area contributed by atoms with Crippen LogP contribution in [0.4, 0.5) is 5.69 Å². The summed E-state index contributed by atoms with van der Waals surface area (Å²) < 4.78 is 0. The molecule has 1 aromatic rings. The molecule has 0 bridgehead atoms. The number of nitrogens with one attached hydrogen (secondary N) is 1. The summed E-state index contributed by atoms with van der Waals surface area (Å²) in [5.41, 5.74) is 1.87. The zero-order valence-electron chi connectivity index (χ0n) is 15.2. The van der Waals surface area contributed by atoms with Crippen molar-refractivity contribution in [2.45, 2.75) is 58.7 Å². The number of anilines is 1. The Balaban J connectivity index is 2.00. The second-order valence-electron chi connectivity index (χ2n) is 7.20. The van der Waals surface area contributed by atoms with Crippen molar-refractivity contribution in [1.82, 2.24) is 9.80 Å². The molecule has 1 heterocycles. The molecule has 0 spiro atoms. The number of likely N-dealkylation sites (tertiary alicyclic amines) is 1. The third-order valence-electron chi connectivity index (χ3n) is 4.57. The van der Waals surface area contributed by atoms with Crippen LogP contribution >= 0.6 is 0 Å². The fourth-order valence-corrected chi connectivity index (χ4v) is 3.31. The third-order valence-corrected chi connectivity index (χ3v) is 4.57. The third kappa shape index (κ3) is 4.71. The average Bonchev–Trinajstić information content (AvgIpc) is 2.49. The van der Waals surface area contributed by atoms with Gasteiger partial charge in [-0.15, -0.1) is 0 Å². The van der Waals surface area contributed by atoms with E-state index in [0.29, 0.717) is 6.04 Å². The SMILES string of the molecule is CC(C)N(C(=O)c1ccc(NC2CCN(C)CC2)cc1)C(C)C. The molecule has 1 aliphatic rings. The number of piperidine rings is 1. The molecule has 0 aromatic heterocycles. The van der Waals surface area contributed by atoms with E-state index in [2.05, 4.69) is 45.0 Å². The van der Waals surface area contributed by atoms with Gasteiger partial charge in [-0.25, -0.2) is 0 Å². The Morgan fingerprint density at radius 2 is 1.61 bits per heavy atom. The molecule has 4 nitrogen and oxygen atoms in total. The molecule has 0 atom stereocenters. The number of nitrogens with zero attached hydrogens (tertiary/aromatic N) is 2. The number of hydrogen-bond acceptors (Lipinski definition) is 3. The summed E-state index contributed by atoms with van der Waals surface area (Å²) >= 11 is 0. The van der Waals surface area contributed by atoms with Gasteiger partial charge in [0.05, 0.1) is 0 Å². The Bertz CT molecular complexity index is 494. The summed E-state index contributed by atoms with van der Waals surface area (Å²) in [6.45, 7) is 10.5. The molecule has 1 fully saturated rings. The molecule has 1 saturated heterocycles. The van der Waals surface area contributed by atoms with Crippen molar-refractivity contribution < 1.29 is 4.79 Å². The summed E-state index contributed by atoms with van der Waals surface area (Å²) in [6.07, 6.45) is 2.34. The molecule has 0 unspecified atom stereocenters. The molecule has 0 saturated carbocycles. The zero-order chi connectivity index (χ0) is 17.0. The second kappa shape index (κ2) is 7.82. The quantitative estimate of drug-likeness (QED) is 0.903. The Morgan fingerprint density at radius 1 is 1.09 bits per heavy atom. The first kappa shape index (κ1) is 17.8. The van der Waals surface area contributed by atoms with Crippen LogP contribution in [0.2, 0.25) is 0 Å². The van der Waals surface area contributed by atoms with E-state index >= 15 is 0 Å². The molecule has 1 aliphatic heterocycles. The van der Waals surface area contributed by atoms with Gasteiger partial charge in [0.25, 0.3) is 5.91 Å². The van der Waals surface area contributed by atoms with E-state index in [4.69, 9.17) is 0 Å². The van der Waals surface area contributed by atoms with E-state index in [1.165, 1.54) is 12.8 Å². The molecule has 0 radical (unpaired) electrons. The van der Waals surface area contributed by atoms with Gasteiger partial charge in [-0.05, 0) is 84.9 Å². The van der Waals surface area contributed by atoms with Crippen molar-refractivity contribution in [1.29, 1.82) is 0 Å². The first-order valence-electron chi connectivity index (χ1n) is 8.76. The van der Waals surface area contributed by atoms with Gasteiger partial charge in [-0.3, -0.25) is 4.79 Å². The van der Waals surface area contributed by atoms with Crippen LogP contribution in [-0.2, 0) is 0 Å². The number of amides is 1. The van der Waals surface area contributed by atoms with Gasteiger partial charge >= 0.3 is 0 Å². The minimum absolute atomic E-state index is 0.112. The standard InChI is InChI=1S/C19H31N3O/c1-14(2)22(15(3)4)19(23)16-6-8-17(9-7-16)20-18-10-12-21(5)13-11-18/h6-9,14-15,18,20H,10-13H2,1-5H3. The molecule has 23 heavy (non-hydrogen) atoms. The van der Waals surface area contributed by atoms with Gasteiger partial charge < -0.3 is 15.1 Å². The minimum atomic E-state index is 0.112. The van der Waals surface area contributed by atoms with Gasteiger partial charge in [-0.1, -0.05) is 0 Å². The predicted molar refractivity (Wildman–Crippen MR) is 97.0 cm³/mol. The van der Waals surface area contributed by atoms with Crippen LogP contribution in [0.5, 0.6) is 0 Å². The fraction of sp³-hybridized carbons (Fsp3) is 0.632. The van der Waals surface area contributed by atoms with Crippen LogP contribution < -0.4 is 5.32 Å². The van der Waals surface area contributed by atoms with Crippen molar-refractivity contribution in [2.24, 2.45) is 0 Å². The Hall–Kier alpha value is -1.55. The summed E-state index contributed by atoms with van der Waals surface area (Å²) in [5, 5.41) is 3.59. The van der Waals surface area contributed by atoms with Crippen molar-refractivity contribution in [3.05, 3.63) is 29.8 Å². The van der Waals surface area contributed by atoms with Crippen molar-refractivity contribution >= 4 is 11.6 Å². The molecule has 0 aliphatic carbocycles. The smallest absolute Gasteiger partial charge is 0.254 e. The summed E-state index contributed by atoms with van der Waals surface area (Å²) in [5.74, 6) is 0.112. The number of benzene rings is 1. The van der Waals surface area contributed by atoms with Crippen LogP contribution in [0.25, 0.3) is 0 Å². The highest BCUT2D eigenvalue weighted by atomic mass is 16.2. The van der Waals surface area contributed by atoms with Crippen LogP contribution in [0.1, 0.15) is 50.9 Å². The van der Waals surface area contributed by atoms with Crippen molar-refractivity contribution in [2.75, 3.05) is 25.5 Å². The Morgan fingerprint density at radius 3 is 2.09 bits per heavy atom. The Labute approximate surface area is 140 Å². The molecule has 1 aromatic carbocycles. The lowest BCUT2D eigenvalue weighted by atomic mass is 10.0. The number of hydrogen-bond donors (Lipinski definition) is 1. The molecular weight excluding hydrogens is 286 g/mol. The van der Waals surface area contributed by atoms with Gasteiger partial charge in [0.2, 0.25) is 0 Å². The number of carbonyl (C=O) groups is 1.